The highest BCUT2D eigenvalue weighted by Gasteiger charge is 2.36. The smallest absolute Gasteiger partial charge is 0.285 e. The molecule has 356 valence electrons. The number of hydrogen-bond donors (Lipinski definition) is 1. The number of hydrogen-bond acceptors (Lipinski definition) is 16. The van der Waals surface area contributed by atoms with E-state index in [0.717, 1.165) is 45.3 Å². The molecule has 0 aliphatic carbocycles. The summed E-state index contributed by atoms with van der Waals surface area (Å²) < 4.78 is 71.8. The molecule has 0 aromatic heterocycles. The molecule has 18 nitrogen and oxygen atoms in total. The third-order valence-electron chi connectivity index (χ3n) is 11.1. The van der Waals surface area contributed by atoms with E-state index in [-0.39, 0.29) is 65.1 Å². The number of rotatable bonds is 32. The molecule has 0 saturated carbocycles. The van der Waals surface area contributed by atoms with Crippen LogP contribution in [0.2, 0.25) is 0 Å². The van der Waals surface area contributed by atoms with Gasteiger partial charge in [-0.25, -0.2) is 0 Å². The molecule has 19 heteroatoms. The Morgan fingerprint density at radius 3 is 1.03 bits per heavy atom. The van der Waals surface area contributed by atoms with Crippen LogP contribution in [0.1, 0.15) is 61.7 Å². The van der Waals surface area contributed by atoms with Crippen LogP contribution in [0.25, 0.3) is 43.1 Å². The van der Waals surface area contributed by atoms with Gasteiger partial charge < -0.3 is 37.9 Å². The molecule has 0 radical (unpaired) electrons. The van der Waals surface area contributed by atoms with Crippen molar-refractivity contribution in [3.63, 3.8) is 0 Å². The first-order valence-corrected chi connectivity index (χ1v) is 23.9. The van der Waals surface area contributed by atoms with Crippen molar-refractivity contribution in [2.45, 2.75) is 20.3 Å². The molecule has 5 aromatic carbocycles. The van der Waals surface area contributed by atoms with E-state index >= 15 is 0 Å². The number of nitrogens with one attached hydrogen (secondary N) is 1. The topological polar surface area (TPSA) is 204 Å². The molecule has 7 rings (SSSR count). The fourth-order valence-electron chi connectivity index (χ4n) is 8.10. The van der Waals surface area contributed by atoms with Crippen molar-refractivity contribution in [2.75, 3.05) is 131 Å². The zero-order valence-corrected chi connectivity index (χ0v) is 38.2. The average Bonchev–Trinajstić information content (AvgIpc) is 3.32. The van der Waals surface area contributed by atoms with Gasteiger partial charge in [-0.2, -0.15) is 18.2 Å². The normalized spacial score (nSPS) is 14.2. The Balaban J connectivity index is 0.901. The monoisotopic (exact) mass is 935 g/mol. The molecule has 4 amide bonds. The molecular weight excluding hydrogens is 879 g/mol. The number of imide groups is 2. The SMILES string of the molecule is CCCOCCOCCOCCOCCN1C(=O)c2ccc3c4ccc5c6c(ccc(c7ccc(c2c37)C1=O)c64)C(=O)N(CCOCCOCCOCCOCCS(=O)(=O)ONCC)C5=O. The number of benzene rings is 5. The van der Waals surface area contributed by atoms with Gasteiger partial charge in [0.2, 0.25) is 0 Å². The maximum absolute atomic E-state index is 13.9. The molecule has 1 N–H and O–H groups in total. The molecule has 0 saturated heterocycles. The zero-order valence-electron chi connectivity index (χ0n) is 37.4. The fraction of sp³-hybridized carbons (Fsp3) is 0.489. The van der Waals surface area contributed by atoms with Gasteiger partial charge in [0.1, 0.15) is 5.75 Å². The van der Waals surface area contributed by atoms with Crippen molar-refractivity contribution in [1.29, 1.82) is 0 Å². The third-order valence-corrected chi connectivity index (χ3v) is 12.1. The fourth-order valence-corrected chi connectivity index (χ4v) is 8.81. The van der Waals surface area contributed by atoms with Crippen LogP contribution < -0.4 is 5.48 Å². The lowest BCUT2D eigenvalue weighted by Crippen LogP contribution is -2.42. The van der Waals surface area contributed by atoms with Crippen LogP contribution in [0.15, 0.2) is 48.5 Å². The van der Waals surface area contributed by atoms with Crippen LogP contribution in [0.4, 0.5) is 0 Å². The first-order chi connectivity index (χ1) is 32.2. The quantitative estimate of drug-likeness (QED) is 0.0209. The minimum absolute atomic E-state index is 0.0162. The maximum atomic E-state index is 13.9. The second-order valence-corrected chi connectivity index (χ2v) is 17.1. The molecular formula is C47H57N3O15S. The van der Waals surface area contributed by atoms with Gasteiger partial charge in [-0.15, -0.1) is 0 Å². The first-order valence-electron chi connectivity index (χ1n) is 22.4. The van der Waals surface area contributed by atoms with E-state index in [9.17, 15) is 27.6 Å². The lowest BCUT2D eigenvalue weighted by molar-refractivity contribution is -0.00332. The first kappa shape index (κ1) is 49.1. The average molecular weight is 936 g/mol. The summed E-state index contributed by atoms with van der Waals surface area (Å²) in [6, 6.07) is 14.5. The van der Waals surface area contributed by atoms with Crippen molar-refractivity contribution in [1.82, 2.24) is 15.3 Å². The predicted octanol–water partition coefficient (Wildman–Crippen LogP) is 4.34. The number of hydroxylamine groups is 1. The van der Waals surface area contributed by atoms with Gasteiger partial charge in [-0.3, -0.25) is 29.0 Å². The van der Waals surface area contributed by atoms with Crippen LogP contribution >= 0.6 is 0 Å². The van der Waals surface area contributed by atoms with Crippen LogP contribution in [-0.2, 0) is 52.3 Å². The van der Waals surface area contributed by atoms with Crippen LogP contribution in [0.5, 0.6) is 0 Å². The Morgan fingerprint density at radius 2 is 0.712 bits per heavy atom. The second kappa shape index (κ2) is 23.8. The highest BCUT2D eigenvalue weighted by Crippen LogP contribution is 2.46. The molecule has 2 aliphatic rings. The molecule has 0 fully saturated rings. The molecule has 0 atom stereocenters. The van der Waals surface area contributed by atoms with Crippen molar-refractivity contribution < 1.29 is 69.8 Å². The number of nitrogens with zero attached hydrogens (tertiary/aromatic N) is 2. The maximum Gasteiger partial charge on any atom is 0.285 e. The summed E-state index contributed by atoms with van der Waals surface area (Å²) in [6.07, 6.45) is 0.970. The van der Waals surface area contributed by atoms with Crippen molar-refractivity contribution in [2.24, 2.45) is 0 Å². The van der Waals surface area contributed by atoms with Gasteiger partial charge >= 0.3 is 0 Å². The zero-order chi connectivity index (χ0) is 46.5. The van der Waals surface area contributed by atoms with Crippen LogP contribution in [0, 0.1) is 0 Å². The Kier molecular flexibility index (Phi) is 17.7. The minimum atomic E-state index is -3.68. The lowest BCUT2D eigenvalue weighted by atomic mass is 9.82. The van der Waals surface area contributed by atoms with Gasteiger partial charge in [0.25, 0.3) is 33.7 Å². The van der Waals surface area contributed by atoms with Crippen LogP contribution in [0.3, 0.4) is 0 Å². The highest BCUT2D eigenvalue weighted by atomic mass is 32.2. The van der Waals surface area contributed by atoms with E-state index in [1.165, 1.54) is 9.80 Å². The standard InChI is InChI=1S/C47H57N3O15S/c1-3-15-57-18-21-60-24-25-61-22-19-58-16-13-49-44(51)36-9-5-32-34-7-11-38-43-39(12-8-35(41(34)43)33-6-10-37(45(49)52)42(36)40(32)33)47(54)50(46(38)53)14-17-59-20-23-62-26-27-63-28-29-64-30-31-66(55,56)65-48-4-2/h5-12,48H,3-4,13-31H2,1-2H3. The van der Waals surface area contributed by atoms with Gasteiger partial charge in [0, 0.05) is 46.2 Å². The summed E-state index contributed by atoms with van der Waals surface area (Å²) in [7, 11) is -3.68. The molecule has 0 unspecified atom stereocenters. The largest absolute Gasteiger partial charge is 0.379 e. The van der Waals surface area contributed by atoms with E-state index < -0.39 is 33.7 Å². The summed E-state index contributed by atoms with van der Waals surface area (Å²) in [6.45, 7) is 9.45. The second-order valence-electron chi connectivity index (χ2n) is 15.4. The van der Waals surface area contributed by atoms with E-state index in [4.69, 9.17) is 37.9 Å². The Morgan fingerprint density at radius 1 is 0.409 bits per heavy atom. The van der Waals surface area contributed by atoms with Crippen molar-refractivity contribution in [3.05, 3.63) is 70.8 Å². The Labute approximate surface area is 383 Å². The van der Waals surface area contributed by atoms with Gasteiger partial charge in [-0.05, 0) is 63.0 Å². The van der Waals surface area contributed by atoms with Crippen molar-refractivity contribution in [3.8, 4) is 0 Å². The number of carbonyl (C=O) groups is 4. The van der Waals surface area contributed by atoms with Gasteiger partial charge in [0.15, 0.2) is 0 Å². The molecule has 2 aliphatic heterocycles. The molecule has 2 heterocycles. The summed E-state index contributed by atoms with van der Waals surface area (Å²) in [5.74, 6) is -1.90. The van der Waals surface area contributed by atoms with E-state index in [1.807, 2.05) is 24.3 Å². The van der Waals surface area contributed by atoms with E-state index in [0.29, 0.717) is 92.4 Å². The minimum Gasteiger partial charge on any atom is -0.379 e. The Bertz CT molecular complexity index is 2480. The number of fused-ring (bicyclic) bond motifs is 2. The van der Waals surface area contributed by atoms with Gasteiger partial charge in [0.05, 0.1) is 112 Å². The summed E-state index contributed by atoms with van der Waals surface area (Å²) in [4.78, 5) is 58.1. The summed E-state index contributed by atoms with van der Waals surface area (Å²) in [5.41, 5.74) is 3.96. The predicted molar refractivity (Wildman–Crippen MR) is 244 cm³/mol. The highest BCUT2D eigenvalue weighted by molar-refractivity contribution is 7.86. The van der Waals surface area contributed by atoms with E-state index in [2.05, 4.69) is 16.7 Å². The van der Waals surface area contributed by atoms with Gasteiger partial charge in [-0.1, -0.05) is 38.1 Å². The molecule has 0 spiro atoms. The number of ether oxygens (including phenoxy) is 8. The lowest BCUT2D eigenvalue weighted by Gasteiger charge is -2.30. The van der Waals surface area contributed by atoms with Crippen molar-refractivity contribution >= 4 is 76.8 Å². The van der Waals surface area contributed by atoms with E-state index in [1.54, 1.807) is 31.2 Å². The number of amides is 4. The molecule has 5 aromatic rings. The molecule has 66 heavy (non-hydrogen) atoms. The Hall–Kier alpha value is -4.77. The molecule has 0 bridgehead atoms. The number of carbonyl (C=O) groups excluding carboxylic acids is 4. The summed E-state index contributed by atoms with van der Waals surface area (Å²) in [5, 5.41) is 5.95. The van der Waals surface area contributed by atoms with Crippen LogP contribution in [-0.4, -0.2) is 173 Å². The third kappa shape index (κ3) is 11.3. The summed E-state index contributed by atoms with van der Waals surface area (Å²) >= 11 is 0.